The number of para-hydroxylation sites is 3. The first kappa shape index (κ1) is 26.8. The van der Waals surface area contributed by atoms with E-state index in [4.69, 9.17) is 4.74 Å². The third-order valence-electron chi connectivity index (χ3n) is 7.36. The second-order valence-electron chi connectivity index (χ2n) is 9.78. The van der Waals surface area contributed by atoms with Gasteiger partial charge in [0.1, 0.15) is 5.75 Å². The molecule has 9 heteroatoms. The number of anilines is 1. The Morgan fingerprint density at radius 2 is 1.77 bits per heavy atom. The number of nitrogens with one attached hydrogen (secondary N) is 3. The molecule has 2 amide bonds. The van der Waals surface area contributed by atoms with Gasteiger partial charge in [0.2, 0.25) is 0 Å². The fraction of sp³-hybridized carbons (Fsp3) is 0.333. The maximum atomic E-state index is 12.9. The number of rotatable bonds is 9. The number of piperazine rings is 1. The topological polar surface area (TPSA) is 89.7 Å². The van der Waals surface area contributed by atoms with Gasteiger partial charge in [-0.1, -0.05) is 36.4 Å². The number of fused-ring (bicyclic) bond motifs is 1. The molecule has 204 valence electrons. The summed E-state index contributed by atoms with van der Waals surface area (Å²) < 4.78 is 5.56. The highest BCUT2D eigenvalue weighted by molar-refractivity contribution is 7.10. The summed E-state index contributed by atoms with van der Waals surface area (Å²) >= 11 is 1.67. The van der Waals surface area contributed by atoms with Crippen LogP contribution in [0, 0.1) is 0 Å². The number of amides is 2. The SMILES string of the molecule is COc1ccccc1N1CCN([C@H](c2cccs2)[C@@H](C)NC(=O)C(=O)NCCc2c[nH]c3ccccc23)CC1. The molecule has 0 radical (unpaired) electrons. The van der Waals surface area contributed by atoms with E-state index < -0.39 is 11.8 Å². The van der Waals surface area contributed by atoms with E-state index in [1.54, 1.807) is 18.4 Å². The van der Waals surface area contributed by atoms with Crippen molar-refractivity contribution in [3.8, 4) is 5.75 Å². The fourth-order valence-electron chi connectivity index (χ4n) is 5.41. The van der Waals surface area contributed by atoms with Gasteiger partial charge in [-0.05, 0) is 48.6 Å². The van der Waals surface area contributed by atoms with E-state index in [1.165, 1.54) is 4.88 Å². The average Bonchev–Trinajstić information content (AvgIpc) is 3.64. The van der Waals surface area contributed by atoms with Gasteiger partial charge in [0.15, 0.2) is 0 Å². The Labute approximate surface area is 233 Å². The lowest BCUT2D eigenvalue weighted by atomic mass is 10.0. The van der Waals surface area contributed by atoms with Gasteiger partial charge in [-0.3, -0.25) is 14.5 Å². The second-order valence-corrected chi connectivity index (χ2v) is 10.8. The molecule has 0 aliphatic carbocycles. The summed E-state index contributed by atoms with van der Waals surface area (Å²) in [6.45, 7) is 5.72. The monoisotopic (exact) mass is 545 g/mol. The number of thiophene rings is 1. The summed E-state index contributed by atoms with van der Waals surface area (Å²) in [6.07, 6.45) is 2.60. The van der Waals surface area contributed by atoms with Crippen LogP contribution in [-0.2, 0) is 16.0 Å². The van der Waals surface area contributed by atoms with Gasteiger partial charge in [0.25, 0.3) is 0 Å². The van der Waals surface area contributed by atoms with Gasteiger partial charge in [0, 0.05) is 60.7 Å². The summed E-state index contributed by atoms with van der Waals surface area (Å²) in [4.78, 5) is 34.7. The van der Waals surface area contributed by atoms with Gasteiger partial charge < -0.3 is 25.3 Å². The minimum absolute atomic E-state index is 0.0206. The lowest BCUT2D eigenvalue weighted by Gasteiger charge is -2.42. The first-order valence-corrected chi connectivity index (χ1v) is 14.2. The Bertz CT molecular complexity index is 1390. The van der Waals surface area contributed by atoms with E-state index in [2.05, 4.69) is 49.0 Å². The number of methoxy groups -OCH3 is 1. The summed E-state index contributed by atoms with van der Waals surface area (Å²) in [5.74, 6) is -0.333. The van der Waals surface area contributed by atoms with E-state index in [1.807, 2.05) is 55.6 Å². The third-order valence-corrected chi connectivity index (χ3v) is 8.30. The standard InChI is InChI=1S/C30H35N5O3S/c1-21(33-30(37)29(36)31-14-13-22-20-32-24-9-4-3-8-23(22)24)28(27-12-7-19-39-27)35-17-15-34(16-18-35)25-10-5-6-11-26(25)38-2/h3-12,19-21,28,32H,13-18H2,1-2H3,(H,31,36)(H,33,37)/t21-,28+/m1/s1. The average molecular weight is 546 g/mol. The molecule has 0 spiro atoms. The Morgan fingerprint density at radius 1 is 1.00 bits per heavy atom. The number of aromatic amines is 1. The smallest absolute Gasteiger partial charge is 0.309 e. The van der Waals surface area contributed by atoms with E-state index >= 15 is 0 Å². The van der Waals surface area contributed by atoms with Crippen molar-refractivity contribution in [2.45, 2.75) is 25.4 Å². The number of hydrogen-bond donors (Lipinski definition) is 3. The number of H-pyrrole nitrogens is 1. The van der Waals surface area contributed by atoms with Gasteiger partial charge >= 0.3 is 11.8 Å². The van der Waals surface area contributed by atoms with Gasteiger partial charge in [-0.15, -0.1) is 11.3 Å². The number of hydrogen-bond acceptors (Lipinski definition) is 6. The molecule has 39 heavy (non-hydrogen) atoms. The van der Waals surface area contributed by atoms with Crippen LogP contribution in [0.1, 0.15) is 23.4 Å². The molecular formula is C30H35N5O3S. The number of ether oxygens (including phenoxy) is 1. The van der Waals surface area contributed by atoms with Crippen LogP contribution < -0.4 is 20.3 Å². The zero-order chi connectivity index (χ0) is 27.2. The molecule has 3 heterocycles. The first-order chi connectivity index (χ1) is 19.0. The highest BCUT2D eigenvalue weighted by Gasteiger charge is 2.32. The molecule has 1 fully saturated rings. The summed E-state index contributed by atoms with van der Waals surface area (Å²) in [7, 11) is 1.70. The van der Waals surface area contributed by atoms with E-state index in [-0.39, 0.29) is 12.1 Å². The van der Waals surface area contributed by atoms with Crippen LogP contribution in [0.5, 0.6) is 5.75 Å². The van der Waals surface area contributed by atoms with Gasteiger partial charge in [-0.2, -0.15) is 0 Å². The van der Waals surface area contributed by atoms with E-state index in [9.17, 15) is 9.59 Å². The van der Waals surface area contributed by atoms with Crippen LogP contribution in [0.3, 0.4) is 0 Å². The molecule has 3 N–H and O–H groups in total. The zero-order valence-electron chi connectivity index (χ0n) is 22.4. The maximum Gasteiger partial charge on any atom is 0.309 e. The Balaban J connectivity index is 1.17. The van der Waals surface area contributed by atoms with Gasteiger partial charge in [0.05, 0.1) is 18.8 Å². The van der Waals surface area contributed by atoms with Gasteiger partial charge in [-0.25, -0.2) is 0 Å². The molecule has 2 atom stereocenters. The lowest BCUT2D eigenvalue weighted by molar-refractivity contribution is -0.139. The van der Waals surface area contributed by atoms with Crippen molar-refractivity contribution < 1.29 is 14.3 Å². The predicted octanol–water partition coefficient (Wildman–Crippen LogP) is 3.96. The first-order valence-electron chi connectivity index (χ1n) is 13.3. The largest absolute Gasteiger partial charge is 0.495 e. The lowest BCUT2D eigenvalue weighted by Crippen LogP contribution is -2.53. The fourth-order valence-corrected chi connectivity index (χ4v) is 6.38. The van der Waals surface area contributed by atoms with Crippen LogP contribution in [-0.4, -0.2) is 67.6 Å². The van der Waals surface area contributed by atoms with Crippen LogP contribution >= 0.6 is 11.3 Å². The molecule has 1 aliphatic rings. The Morgan fingerprint density at radius 3 is 2.54 bits per heavy atom. The molecule has 0 bridgehead atoms. The second kappa shape index (κ2) is 12.4. The molecule has 8 nitrogen and oxygen atoms in total. The molecule has 1 saturated heterocycles. The molecule has 2 aromatic heterocycles. The molecule has 5 rings (SSSR count). The Kier molecular flexibility index (Phi) is 8.48. The third kappa shape index (κ3) is 6.10. The minimum Gasteiger partial charge on any atom is -0.495 e. The van der Waals surface area contributed by atoms with Crippen molar-refractivity contribution >= 4 is 39.7 Å². The summed E-state index contributed by atoms with van der Waals surface area (Å²) in [5.41, 5.74) is 3.27. The predicted molar refractivity (Wildman–Crippen MR) is 156 cm³/mol. The van der Waals surface area contributed by atoms with Crippen molar-refractivity contribution in [2.75, 3.05) is 44.7 Å². The zero-order valence-corrected chi connectivity index (χ0v) is 23.2. The number of aromatic nitrogens is 1. The van der Waals surface area contributed by atoms with Crippen molar-refractivity contribution in [1.82, 2.24) is 20.5 Å². The minimum atomic E-state index is -0.604. The highest BCUT2D eigenvalue weighted by atomic mass is 32.1. The Hall–Kier alpha value is -3.82. The van der Waals surface area contributed by atoms with Crippen molar-refractivity contribution in [3.05, 3.63) is 82.7 Å². The highest BCUT2D eigenvalue weighted by Crippen LogP contribution is 2.32. The van der Waals surface area contributed by atoms with E-state index in [0.717, 1.165) is 54.1 Å². The quantitative estimate of drug-likeness (QED) is 0.277. The van der Waals surface area contributed by atoms with Crippen LogP contribution in [0.4, 0.5) is 5.69 Å². The molecule has 0 saturated carbocycles. The normalized spacial score (nSPS) is 15.6. The van der Waals surface area contributed by atoms with Crippen molar-refractivity contribution in [2.24, 2.45) is 0 Å². The molecule has 1 aliphatic heterocycles. The molecule has 2 aromatic carbocycles. The summed E-state index contributed by atoms with van der Waals surface area (Å²) in [6, 6.07) is 20.0. The number of nitrogens with zero attached hydrogens (tertiary/aromatic N) is 2. The maximum absolute atomic E-state index is 12.9. The van der Waals surface area contributed by atoms with Crippen LogP contribution in [0.15, 0.2) is 72.2 Å². The summed E-state index contributed by atoms with van der Waals surface area (Å²) in [5, 5.41) is 8.95. The number of benzene rings is 2. The molecule has 0 unspecified atom stereocenters. The number of carbonyl (C=O) groups is 2. The molecule has 4 aromatic rings. The van der Waals surface area contributed by atoms with Crippen LogP contribution in [0.2, 0.25) is 0 Å². The van der Waals surface area contributed by atoms with E-state index in [0.29, 0.717) is 13.0 Å². The van der Waals surface area contributed by atoms with Crippen molar-refractivity contribution in [1.29, 1.82) is 0 Å². The molecular weight excluding hydrogens is 510 g/mol. The number of carbonyl (C=O) groups excluding carboxylic acids is 2. The van der Waals surface area contributed by atoms with Crippen molar-refractivity contribution in [3.63, 3.8) is 0 Å². The van der Waals surface area contributed by atoms with Crippen LogP contribution in [0.25, 0.3) is 10.9 Å².